The molecule has 2 bridgehead atoms. The van der Waals surface area contributed by atoms with Crippen molar-refractivity contribution in [2.75, 3.05) is 31.5 Å². The smallest absolute Gasteiger partial charge is 0.148 e. The molecule has 3 heterocycles. The van der Waals surface area contributed by atoms with Crippen molar-refractivity contribution in [2.24, 2.45) is 42.6 Å². The van der Waals surface area contributed by atoms with Crippen LogP contribution in [0.1, 0.15) is 31.2 Å². The minimum absolute atomic E-state index is 0.767. The molecule has 2 aromatic heterocycles. The predicted octanol–water partition coefficient (Wildman–Crippen LogP) is 3.77. The van der Waals surface area contributed by atoms with Crippen LogP contribution in [0, 0.1) is 42.4 Å². The largest absolute Gasteiger partial charge is 0.368 e. The van der Waals surface area contributed by atoms with Gasteiger partial charge in [-0.05, 0) is 85.8 Å². The van der Waals surface area contributed by atoms with Crippen LogP contribution in [0.15, 0.2) is 30.5 Å². The van der Waals surface area contributed by atoms with Crippen LogP contribution in [0.25, 0.3) is 11.4 Å². The fourth-order valence-electron chi connectivity index (χ4n) is 6.99. The highest BCUT2D eigenvalue weighted by atomic mass is 15.3. The van der Waals surface area contributed by atoms with Crippen molar-refractivity contribution in [3.8, 4) is 11.4 Å². The Morgan fingerprint density at radius 2 is 1.87 bits per heavy atom. The van der Waals surface area contributed by atoms with Crippen molar-refractivity contribution in [2.45, 2.75) is 32.6 Å². The van der Waals surface area contributed by atoms with E-state index in [-0.39, 0.29) is 0 Å². The van der Waals surface area contributed by atoms with Gasteiger partial charge in [0.2, 0.25) is 0 Å². The lowest BCUT2D eigenvalue weighted by Crippen LogP contribution is -2.30. The van der Waals surface area contributed by atoms with Crippen LogP contribution in [0.3, 0.4) is 0 Å². The fraction of sp³-hybridized carbons (Fsp3) is 0.640. The molecule has 31 heavy (non-hydrogen) atoms. The van der Waals surface area contributed by atoms with E-state index in [9.17, 15) is 0 Å². The van der Waals surface area contributed by atoms with Gasteiger partial charge in [0.1, 0.15) is 11.5 Å². The minimum Gasteiger partial charge on any atom is -0.368 e. The monoisotopic (exact) mass is 418 g/mol. The quantitative estimate of drug-likeness (QED) is 0.724. The molecule has 6 heteroatoms. The zero-order valence-corrected chi connectivity index (χ0v) is 18.7. The van der Waals surface area contributed by atoms with E-state index in [0.717, 1.165) is 64.8 Å². The number of likely N-dealkylation sites (tertiary alicyclic amines) is 1. The van der Waals surface area contributed by atoms with Gasteiger partial charge < -0.3 is 10.2 Å². The Balaban J connectivity index is 0.984. The number of aromatic nitrogens is 4. The lowest BCUT2D eigenvalue weighted by molar-refractivity contribution is 0.234. The first kappa shape index (κ1) is 19.5. The second kappa shape index (κ2) is 7.73. The van der Waals surface area contributed by atoms with Crippen LogP contribution in [-0.2, 0) is 7.05 Å². The van der Waals surface area contributed by atoms with Crippen molar-refractivity contribution in [3.63, 3.8) is 0 Å². The molecular weight excluding hydrogens is 384 g/mol. The summed E-state index contributed by atoms with van der Waals surface area (Å²) in [6.45, 7) is 7.08. The number of nitrogens with one attached hydrogen (secondary N) is 1. The van der Waals surface area contributed by atoms with Gasteiger partial charge in [-0.3, -0.25) is 4.68 Å². The average molecular weight is 419 g/mol. The molecule has 6 rings (SSSR count). The molecule has 0 radical (unpaired) electrons. The van der Waals surface area contributed by atoms with Gasteiger partial charge in [0, 0.05) is 33.2 Å². The van der Waals surface area contributed by atoms with Gasteiger partial charge in [-0.15, -0.1) is 10.2 Å². The van der Waals surface area contributed by atoms with E-state index in [1.54, 1.807) is 0 Å². The molecule has 2 aromatic rings. The Hall–Kier alpha value is -2.21. The van der Waals surface area contributed by atoms with Crippen LogP contribution in [0.2, 0.25) is 0 Å². The van der Waals surface area contributed by atoms with E-state index >= 15 is 0 Å². The van der Waals surface area contributed by atoms with E-state index < -0.39 is 0 Å². The summed E-state index contributed by atoms with van der Waals surface area (Å²) >= 11 is 0. The van der Waals surface area contributed by atoms with E-state index in [0.29, 0.717) is 0 Å². The average Bonchev–Trinajstić information content (AvgIpc) is 3.56. The molecule has 6 nitrogen and oxygen atoms in total. The van der Waals surface area contributed by atoms with Crippen molar-refractivity contribution in [1.29, 1.82) is 0 Å². The first-order valence-corrected chi connectivity index (χ1v) is 12.1. The van der Waals surface area contributed by atoms with Crippen LogP contribution >= 0.6 is 0 Å². The van der Waals surface area contributed by atoms with Crippen LogP contribution in [-0.4, -0.2) is 51.1 Å². The number of aryl methyl sites for hydroxylation is 2. The zero-order valence-electron chi connectivity index (χ0n) is 18.7. The summed E-state index contributed by atoms with van der Waals surface area (Å²) in [5, 5.41) is 16.7. The van der Waals surface area contributed by atoms with Crippen LogP contribution in [0.5, 0.6) is 0 Å². The van der Waals surface area contributed by atoms with E-state index in [1.807, 2.05) is 24.0 Å². The lowest BCUT2D eigenvalue weighted by atomic mass is 9.93. The maximum Gasteiger partial charge on any atom is 0.148 e. The molecule has 0 amide bonds. The number of allylic oxidation sites excluding steroid dienone is 2. The molecule has 3 aliphatic carbocycles. The maximum atomic E-state index is 4.44. The number of fused-ring (bicyclic) bond motifs is 3. The Morgan fingerprint density at radius 3 is 2.48 bits per heavy atom. The van der Waals surface area contributed by atoms with Crippen molar-refractivity contribution >= 4 is 5.82 Å². The van der Waals surface area contributed by atoms with E-state index in [2.05, 4.69) is 50.7 Å². The number of anilines is 1. The third kappa shape index (κ3) is 3.69. The zero-order chi connectivity index (χ0) is 20.9. The van der Waals surface area contributed by atoms with Gasteiger partial charge >= 0.3 is 0 Å². The Kier molecular flexibility index (Phi) is 4.86. The first-order chi connectivity index (χ1) is 15.1. The SMILES string of the molecule is Cc1cnn(C)c1-c1ccc(NC[C@H]2C[C@@H]3CN(CC4CC5C=CC4C5)C[C@@H]3C2)nn1. The third-order valence-electron chi connectivity index (χ3n) is 8.43. The van der Waals surface area contributed by atoms with Crippen LogP contribution in [0.4, 0.5) is 5.82 Å². The summed E-state index contributed by atoms with van der Waals surface area (Å²) in [5.41, 5.74) is 3.04. The number of rotatable bonds is 6. The normalized spacial score (nSPS) is 34.0. The Bertz CT molecular complexity index is 929. The maximum absolute atomic E-state index is 4.44. The molecule has 6 atom stereocenters. The van der Waals surface area contributed by atoms with Gasteiger partial charge in [-0.1, -0.05) is 12.2 Å². The molecule has 4 aliphatic rings. The van der Waals surface area contributed by atoms with Gasteiger partial charge in [0.15, 0.2) is 0 Å². The highest BCUT2D eigenvalue weighted by molar-refractivity contribution is 5.59. The number of hydrogen-bond donors (Lipinski definition) is 1. The minimum atomic E-state index is 0.767. The van der Waals surface area contributed by atoms with Gasteiger partial charge in [0.05, 0.1) is 11.9 Å². The molecular formula is C25H34N6. The van der Waals surface area contributed by atoms with Crippen molar-refractivity contribution in [1.82, 2.24) is 24.9 Å². The van der Waals surface area contributed by atoms with Gasteiger partial charge in [-0.25, -0.2) is 0 Å². The summed E-state index contributed by atoms with van der Waals surface area (Å²) in [6.07, 6.45) is 12.5. The third-order valence-corrected chi connectivity index (χ3v) is 8.43. The molecule has 164 valence electrons. The molecule has 3 fully saturated rings. The molecule has 1 aliphatic heterocycles. The standard InChI is InChI=1S/C25H34N6/c1-16-11-27-30(2)25(16)23-5-6-24(29-28-23)26-12-18-9-21-14-31(15-22(21)10-18)13-20-8-17-3-4-19(20)7-17/h3-6,11,17-22H,7-10,12-15H2,1-2H3,(H,26,29)/t17?,18-,19?,20?,21+,22-. The van der Waals surface area contributed by atoms with E-state index in [1.165, 1.54) is 45.3 Å². The van der Waals surface area contributed by atoms with Gasteiger partial charge in [-0.2, -0.15) is 5.10 Å². The van der Waals surface area contributed by atoms with E-state index in [4.69, 9.17) is 0 Å². The van der Waals surface area contributed by atoms with Crippen molar-refractivity contribution in [3.05, 3.63) is 36.0 Å². The topological polar surface area (TPSA) is 58.9 Å². The second-order valence-corrected chi connectivity index (χ2v) is 10.6. The van der Waals surface area contributed by atoms with Crippen molar-refractivity contribution < 1.29 is 0 Å². The molecule has 2 saturated carbocycles. The Labute approximate surface area is 185 Å². The Morgan fingerprint density at radius 1 is 1.03 bits per heavy atom. The van der Waals surface area contributed by atoms with Gasteiger partial charge in [0.25, 0.3) is 0 Å². The molecule has 3 unspecified atom stereocenters. The summed E-state index contributed by atoms with van der Waals surface area (Å²) < 4.78 is 1.86. The number of nitrogens with zero attached hydrogens (tertiary/aromatic N) is 5. The molecule has 0 spiro atoms. The van der Waals surface area contributed by atoms with Crippen LogP contribution < -0.4 is 5.32 Å². The second-order valence-electron chi connectivity index (χ2n) is 10.6. The molecule has 0 aromatic carbocycles. The highest BCUT2D eigenvalue weighted by Gasteiger charge is 2.43. The summed E-state index contributed by atoms with van der Waals surface area (Å²) in [6, 6.07) is 4.10. The first-order valence-electron chi connectivity index (χ1n) is 12.1. The predicted molar refractivity (Wildman–Crippen MR) is 122 cm³/mol. The highest BCUT2D eigenvalue weighted by Crippen LogP contribution is 2.46. The summed E-state index contributed by atoms with van der Waals surface area (Å²) in [4.78, 5) is 2.79. The molecule has 1 saturated heterocycles. The fourth-order valence-corrected chi connectivity index (χ4v) is 6.99. The lowest BCUT2D eigenvalue weighted by Gasteiger charge is -2.26. The number of hydrogen-bond acceptors (Lipinski definition) is 5. The molecule has 1 N–H and O–H groups in total. The summed E-state index contributed by atoms with van der Waals surface area (Å²) in [7, 11) is 1.95. The summed E-state index contributed by atoms with van der Waals surface area (Å²) in [5.74, 6) is 6.18.